The second-order valence-electron chi connectivity index (χ2n) is 4.43. The molecule has 0 aromatic heterocycles. The van der Waals surface area contributed by atoms with E-state index in [1.165, 1.54) is 0 Å². The molecule has 1 heterocycles. The SMILES string of the molecule is Cc1c(Br)cccc1C(=O)N1CCOC(C(N)=S)C1. The lowest BCUT2D eigenvalue weighted by Crippen LogP contribution is -2.50. The Morgan fingerprint density at radius 2 is 2.32 bits per heavy atom. The number of hydrogen-bond acceptors (Lipinski definition) is 3. The van der Waals surface area contributed by atoms with Gasteiger partial charge in [-0.15, -0.1) is 0 Å². The van der Waals surface area contributed by atoms with Gasteiger partial charge in [-0.05, 0) is 24.6 Å². The third-order valence-electron chi connectivity index (χ3n) is 3.17. The van der Waals surface area contributed by atoms with Crippen molar-refractivity contribution in [3.05, 3.63) is 33.8 Å². The fourth-order valence-corrected chi connectivity index (χ4v) is 2.52. The molecule has 2 N–H and O–H groups in total. The number of hydrogen-bond donors (Lipinski definition) is 1. The molecule has 0 radical (unpaired) electrons. The van der Waals surface area contributed by atoms with Crippen molar-refractivity contribution >= 4 is 39.0 Å². The number of carbonyl (C=O) groups is 1. The lowest BCUT2D eigenvalue weighted by molar-refractivity contribution is 0.00874. The summed E-state index contributed by atoms with van der Waals surface area (Å²) in [5, 5.41) is 0. The predicted molar refractivity (Wildman–Crippen MR) is 81.3 cm³/mol. The van der Waals surface area contributed by atoms with Crippen molar-refractivity contribution in [1.82, 2.24) is 4.90 Å². The highest BCUT2D eigenvalue weighted by Crippen LogP contribution is 2.21. The van der Waals surface area contributed by atoms with Crippen molar-refractivity contribution in [2.45, 2.75) is 13.0 Å². The lowest BCUT2D eigenvalue weighted by atomic mass is 10.1. The first-order chi connectivity index (χ1) is 9.00. The molecule has 0 spiro atoms. The van der Waals surface area contributed by atoms with E-state index in [0.29, 0.717) is 30.2 Å². The topological polar surface area (TPSA) is 55.6 Å². The number of ether oxygens (including phenoxy) is 1. The van der Waals surface area contributed by atoms with E-state index in [1.54, 1.807) is 4.90 Å². The van der Waals surface area contributed by atoms with Crippen molar-refractivity contribution < 1.29 is 9.53 Å². The van der Waals surface area contributed by atoms with Gasteiger partial charge in [-0.25, -0.2) is 0 Å². The second-order valence-corrected chi connectivity index (χ2v) is 5.75. The second kappa shape index (κ2) is 5.98. The molecule has 1 amide bonds. The normalized spacial score (nSPS) is 19.3. The molecule has 2 rings (SSSR count). The number of nitrogens with zero attached hydrogens (tertiary/aromatic N) is 1. The van der Waals surface area contributed by atoms with Gasteiger partial charge in [0.1, 0.15) is 11.1 Å². The Kier molecular flexibility index (Phi) is 4.54. The molecule has 1 unspecified atom stereocenters. The van der Waals surface area contributed by atoms with E-state index in [-0.39, 0.29) is 12.0 Å². The van der Waals surface area contributed by atoms with E-state index >= 15 is 0 Å². The summed E-state index contributed by atoms with van der Waals surface area (Å²) < 4.78 is 6.37. The minimum absolute atomic E-state index is 0.0108. The summed E-state index contributed by atoms with van der Waals surface area (Å²) in [4.78, 5) is 14.5. The van der Waals surface area contributed by atoms with Crippen LogP contribution in [0, 0.1) is 6.92 Å². The Morgan fingerprint density at radius 3 is 3.00 bits per heavy atom. The van der Waals surface area contributed by atoms with Crippen LogP contribution in [0.5, 0.6) is 0 Å². The molecule has 0 bridgehead atoms. The molecular weight excluding hydrogens is 328 g/mol. The fraction of sp³-hybridized carbons (Fsp3) is 0.385. The number of rotatable bonds is 2. The largest absolute Gasteiger partial charge is 0.391 e. The van der Waals surface area contributed by atoms with E-state index in [9.17, 15) is 4.79 Å². The van der Waals surface area contributed by atoms with Gasteiger partial charge in [0.25, 0.3) is 5.91 Å². The summed E-state index contributed by atoms with van der Waals surface area (Å²) in [5.41, 5.74) is 7.21. The highest BCUT2D eigenvalue weighted by Gasteiger charge is 2.27. The number of morpholine rings is 1. The smallest absolute Gasteiger partial charge is 0.254 e. The molecule has 1 aliphatic rings. The average Bonchev–Trinajstić information content (AvgIpc) is 2.41. The monoisotopic (exact) mass is 342 g/mol. The molecule has 1 aliphatic heterocycles. The van der Waals surface area contributed by atoms with Gasteiger partial charge in [0.15, 0.2) is 0 Å². The van der Waals surface area contributed by atoms with Gasteiger partial charge in [0.2, 0.25) is 0 Å². The van der Waals surface area contributed by atoms with Crippen molar-refractivity contribution in [3.8, 4) is 0 Å². The summed E-state index contributed by atoms with van der Waals surface area (Å²) >= 11 is 8.36. The third-order valence-corrected chi connectivity index (χ3v) is 4.29. The van der Waals surface area contributed by atoms with Crippen LogP contribution in [0.25, 0.3) is 0 Å². The first kappa shape index (κ1) is 14.4. The number of nitrogens with two attached hydrogens (primary N) is 1. The van der Waals surface area contributed by atoms with Crippen LogP contribution in [0.15, 0.2) is 22.7 Å². The van der Waals surface area contributed by atoms with Gasteiger partial charge < -0.3 is 15.4 Å². The van der Waals surface area contributed by atoms with E-state index < -0.39 is 0 Å². The first-order valence-corrected chi connectivity index (χ1v) is 7.16. The summed E-state index contributed by atoms with van der Waals surface area (Å²) in [6.07, 6.45) is -0.347. The minimum Gasteiger partial charge on any atom is -0.391 e. The molecule has 0 aliphatic carbocycles. The first-order valence-electron chi connectivity index (χ1n) is 5.96. The maximum atomic E-state index is 12.5. The number of thiocarbonyl (C=S) groups is 1. The standard InChI is InChI=1S/C13H15BrN2O2S/c1-8-9(3-2-4-10(8)14)13(17)16-5-6-18-11(7-16)12(15)19/h2-4,11H,5-7H2,1H3,(H2,15,19). The van der Waals surface area contributed by atoms with Crippen molar-refractivity contribution in [3.63, 3.8) is 0 Å². The number of halogens is 1. The number of carbonyl (C=O) groups excluding carboxylic acids is 1. The zero-order valence-electron chi connectivity index (χ0n) is 10.6. The predicted octanol–water partition coefficient (Wildman–Crippen LogP) is 1.88. The summed E-state index contributed by atoms with van der Waals surface area (Å²) in [7, 11) is 0. The van der Waals surface area contributed by atoms with E-state index in [2.05, 4.69) is 15.9 Å². The molecule has 1 atom stereocenters. The van der Waals surface area contributed by atoms with Gasteiger partial charge >= 0.3 is 0 Å². The summed E-state index contributed by atoms with van der Waals surface area (Å²) in [6.45, 7) is 3.35. The summed E-state index contributed by atoms with van der Waals surface area (Å²) in [6, 6.07) is 5.60. The van der Waals surface area contributed by atoms with Crippen LogP contribution in [0.4, 0.5) is 0 Å². The fourth-order valence-electron chi connectivity index (χ4n) is 2.02. The summed E-state index contributed by atoms with van der Waals surface area (Å²) in [5.74, 6) is -0.0108. The Morgan fingerprint density at radius 1 is 1.58 bits per heavy atom. The molecule has 1 fully saturated rings. The van der Waals surface area contributed by atoms with Crippen molar-refractivity contribution in [2.75, 3.05) is 19.7 Å². The maximum absolute atomic E-state index is 12.5. The van der Waals surface area contributed by atoms with E-state index in [1.807, 2.05) is 25.1 Å². The van der Waals surface area contributed by atoms with Crippen LogP contribution in [0.3, 0.4) is 0 Å². The molecule has 102 valence electrons. The van der Waals surface area contributed by atoms with Gasteiger partial charge in [0.05, 0.1) is 13.2 Å². The molecule has 19 heavy (non-hydrogen) atoms. The quantitative estimate of drug-likeness (QED) is 0.834. The Bertz CT molecular complexity index is 521. The Labute approximate surface area is 126 Å². The third kappa shape index (κ3) is 3.13. The molecule has 1 aromatic rings. The van der Waals surface area contributed by atoms with Crippen LogP contribution in [0.2, 0.25) is 0 Å². The number of benzene rings is 1. The van der Waals surface area contributed by atoms with Gasteiger partial charge in [-0.2, -0.15) is 0 Å². The molecule has 1 aromatic carbocycles. The maximum Gasteiger partial charge on any atom is 0.254 e. The van der Waals surface area contributed by atoms with Crippen LogP contribution in [-0.2, 0) is 4.74 Å². The van der Waals surface area contributed by atoms with Gasteiger partial charge in [-0.3, -0.25) is 4.79 Å². The van der Waals surface area contributed by atoms with Crippen LogP contribution >= 0.6 is 28.1 Å². The van der Waals surface area contributed by atoms with Crippen molar-refractivity contribution in [1.29, 1.82) is 0 Å². The minimum atomic E-state index is -0.347. The van der Waals surface area contributed by atoms with Gasteiger partial charge in [-0.1, -0.05) is 34.2 Å². The van der Waals surface area contributed by atoms with E-state index in [0.717, 1.165) is 10.0 Å². The van der Waals surface area contributed by atoms with Crippen LogP contribution < -0.4 is 5.73 Å². The molecular formula is C13H15BrN2O2S. The number of amides is 1. The molecule has 1 saturated heterocycles. The lowest BCUT2D eigenvalue weighted by Gasteiger charge is -2.32. The molecule has 0 saturated carbocycles. The Hall–Kier alpha value is -0.980. The van der Waals surface area contributed by atoms with Crippen LogP contribution in [0.1, 0.15) is 15.9 Å². The van der Waals surface area contributed by atoms with Crippen molar-refractivity contribution in [2.24, 2.45) is 5.73 Å². The molecule has 6 heteroatoms. The highest BCUT2D eigenvalue weighted by molar-refractivity contribution is 9.10. The zero-order chi connectivity index (χ0) is 14.0. The zero-order valence-corrected chi connectivity index (χ0v) is 13.0. The Balaban J connectivity index is 2.19. The highest BCUT2D eigenvalue weighted by atomic mass is 79.9. The van der Waals surface area contributed by atoms with Crippen LogP contribution in [-0.4, -0.2) is 41.6 Å². The van der Waals surface area contributed by atoms with Gasteiger partial charge in [0, 0.05) is 16.6 Å². The average molecular weight is 343 g/mol. The molecule has 4 nitrogen and oxygen atoms in total. The van der Waals surface area contributed by atoms with E-state index in [4.69, 9.17) is 22.7 Å².